The Hall–Kier alpha value is -0.480. The Morgan fingerprint density at radius 3 is 2.95 bits per heavy atom. The van der Waals surface area contributed by atoms with Gasteiger partial charge in [-0.1, -0.05) is 34.5 Å². The molecule has 4 heteroatoms. The number of fused-ring (bicyclic) bond motifs is 2. The lowest BCUT2D eigenvalue weighted by Crippen LogP contribution is -2.39. The van der Waals surface area contributed by atoms with E-state index in [9.17, 15) is 4.79 Å². The number of rotatable bonds is 5. The molecule has 1 aromatic carbocycles. The summed E-state index contributed by atoms with van der Waals surface area (Å²) in [6.45, 7) is 0. The van der Waals surface area contributed by atoms with Gasteiger partial charge in [0.05, 0.1) is 5.75 Å². The van der Waals surface area contributed by atoms with Crippen molar-refractivity contribution in [1.82, 2.24) is 5.32 Å². The maximum Gasteiger partial charge on any atom is 0.230 e. The van der Waals surface area contributed by atoms with Gasteiger partial charge in [-0.2, -0.15) is 0 Å². The molecule has 108 valence electrons. The molecule has 2 bridgehead atoms. The summed E-state index contributed by atoms with van der Waals surface area (Å²) in [5.74, 6) is 3.32. The van der Waals surface area contributed by atoms with Crippen molar-refractivity contribution >= 4 is 33.6 Å². The van der Waals surface area contributed by atoms with Crippen LogP contribution in [0.1, 0.15) is 31.2 Å². The van der Waals surface area contributed by atoms with Crippen molar-refractivity contribution < 1.29 is 4.79 Å². The molecule has 1 N–H and O–H groups in total. The molecule has 0 saturated heterocycles. The Balaban J connectivity index is 1.39. The summed E-state index contributed by atoms with van der Waals surface area (Å²) in [6.07, 6.45) is 5.26. The highest BCUT2D eigenvalue weighted by molar-refractivity contribution is 9.10. The number of carbonyl (C=O) groups is 1. The summed E-state index contributed by atoms with van der Waals surface area (Å²) < 4.78 is 1.10. The maximum atomic E-state index is 12.0. The molecule has 0 unspecified atom stereocenters. The van der Waals surface area contributed by atoms with E-state index in [-0.39, 0.29) is 5.91 Å². The molecule has 2 aliphatic carbocycles. The fraction of sp³-hybridized carbons (Fsp3) is 0.562. The number of thioether (sulfide) groups is 1. The molecular weight excluding hydrogens is 334 g/mol. The molecule has 0 radical (unpaired) electrons. The van der Waals surface area contributed by atoms with Crippen molar-refractivity contribution in [3.8, 4) is 0 Å². The van der Waals surface area contributed by atoms with Gasteiger partial charge in [0.25, 0.3) is 0 Å². The largest absolute Gasteiger partial charge is 0.352 e. The van der Waals surface area contributed by atoms with Crippen LogP contribution < -0.4 is 5.32 Å². The molecule has 2 fully saturated rings. The van der Waals surface area contributed by atoms with Gasteiger partial charge in [-0.25, -0.2) is 0 Å². The second-order valence-corrected chi connectivity index (χ2v) is 7.87. The molecule has 3 atom stereocenters. The monoisotopic (exact) mass is 353 g/mol. The average Bonchev–Trinajstić information content (AvgIpc) is 3.01. The summed E-state index contributed by atoms with van der Waals surface area (Å²) in [5, 5.41) is 3.24. The number of benzene rings is 1. The molecule has 20 heavy (non-hydrogen) atoms. The molecule has 3 rings (SSSR count). The zero-order valence-electron chi connectivity index (χ0n) is 11.5. The van der Waals surface area contributed by atoms with Crippen molar-refractivity contribution in [2.45, 2.75) is 37.5 Å². The minimum Gasteiger partial charge on any atom is -0.352 e. The minimum absolute atomic E-state index is 0.211. The average molecular weight is 354 g/mol. The normalized spacial score (nSPS) is 27.8. The standard InChI is InChI=1S/C16H20BrNOS/c17-14-3-1-2-12(7-14)9-20-10-16(19)18-15-8-11-4-5-13(15)6-11/h1-3,7,11,13,15H,4-6,8-10H2,(H,18,19)/t11-,13-,15-/m0/s1. The van der Waals surface area contributed by atoms with E-state index in [4.69, 9.17) is 0 Å². The molecule has 1 amide bonds. The summed E-state index contributed by atoms with van der Waals surface area (Å²) in [4.78, 5) is 12.0. The summed E-state index contributed by atoms with van der Waals surface area (Å²) in [5.41, 5.74) is 1.26. The highest BCUT2D eigenvalue weighted by Gasteiger charge is 2.39. The third kappa shape index (κ3) is 3.59. The summed E-state index contributed by atoms with van der Waals surface area (Å²) in [6, 6.07) is 8.74. The van der Waals surface area contributed by atoms with E-state index in [1.807, 2.05) is 12.1 Å². The zero-order chi connectivity index (χ0) is 13.9. The van der Waals surface area contributed by atoms with E-state index in [0.29, 0.717) is 11.8 Å². The van der Waals surface area contributed by atoms with E-state index in [0.717, 1.165) is 22.1 Å². The number of hydrogen-bond donors (Lipinski definition) is 1. The SMILES string of the molecule is O=C(CSCc1cccc(Br)c1)N[C@H]1C[C@H]2CC[C@H]1C2. The van der Waals surface area contributed by atoms with Gasteiger partial charge in [-0.3, -0.25) is 4.79 Å². The summed E-state index contributed by atoms with van der Waals surface area (Å²) in [7, 11) is 0. The van der Waals surface area contributed by atoms with Crippen molar-refractivity contribution in [1.29, 1.82) is 0 Å². The van der Waals surface area contributed by atoms with Crippen LogP contribution in [0.4, 0.5) is 0 Å². The Labute approximate surface area is 133 Å². The molecular formula is C16H20BrNOS. The predicted molar refractivity (Wildman–Crippen MR) is 87.7 cm³/mol. The van der Waals surface area contributed by atoms with Crippen LogP contribution in [0.2, 0.25) is 0 Å². The highest BCUT2D eigenvalue weighted by Crippen LogP contribution is 2.44. The van der Waals surface area contributed by atoms with Gasteiger partial charge < -0.3 is 5.32 Å². The quantitative estimate of drug-likeness (QED) is 0.866. The van der Waals surface area contributed by atoms with Gasteiger partial charge in [0.1, 0.15) is 0 Å². The first kappa shape index (κ1) is 14.5. The Kier molecular flexibility index (Phi) is 4.72. The lowest BCUT2D eigenvalue weighted by atomic mass is 9.95. The molecule has 2 aliphatic rings. The second kappa shape index (κ2) is 6.52. The fourth-order valence-electron chi connectivity index (χ4n) is 3.56. The lowest BCUT2D eigenvalue weighted by molar-refractivity contribution is -0.119. The summed E-state index contributed by atoms with van der Waals surface area (Å²) >= 11 is 5.17. The molecule has 0 heterocycles. The number of hydrogen-bond acceptors (Lipinski definition) is 2. The molecule has 2 saturated carbocycles. The van der Waals surface area contributed by atoms with Gasteiger partial charge in [-0.15, -0.1) is 11.8 Å². The van der Waals surface area contributed by atoms with E-state index in [2.05, 4.69) is 33.4 Å². The van der Waals surface area contributed by atoms with Crippen LogP contribution in [-0.4, -0.2) is 17.7 Å². The van der Waals surface area contributed by atoms with Crippen molar-refractivity contribution in [2.75, 3.05) is 5.75 Å². The van der Waals surface area contributed by atoms with Crippen LogP contribution >= 0.6 is 27.7 Å². The Bertz CT molecular complexity index is 493. The number of amides is 1. The van der Waals surface area contributed by atoms with Gasteiger partial charge in [0.15, 0.2) is 0 Å². The van der Waals surface area contributed by atoms with E-state index in [1.54, 1.807) is 11.8 Å². The first-order valence-corrected chi connectivity index (χ1v) is 9.27. The van der Waals surface area contributed by atoms with Crippen LogP contribution in [0.5, 0.6) is 0 Å². The number of nitrogens with one attached hydrogen (secondary N) is 1. The number of carbonyl (C=O) groups excluding carboxylic acids is 1. The van der Waals surface area contributed by atoms with Crippen molar-refractivity contribution in [3.63, 3.8) is 0 Å². The van der Waals surface area contributed by atoms with Crippen LogP contribution in [0.15, 0.2) is 28.7 Å². The Morgan fingerprint density at radius 2 is 2.25 bits per heavy atom. The second-order valence-electron chi connectivity index (χ2n) is 5.97. The van der Waals surface area contributed by atoms with Gasteiger partial charge in [-0.05, 0) is 48.8 Å². The third-order valence-corrected chi connectivity index (χ3v) is 5.97. The minimum atomic E-state index is 0.211. The third-order valence-electron chi connectivity index (χ3n) is 4.48. The molecule has 0 spiro atoms. The van der Waals surface area contributed by atoms with Crippen LogP contribution in [0, 0.1) is 11.8 Å². The smallest absolute Gasteiger partial charge is 0.230 e. The van der Waals surface area contributed by atoms with E-state index in [1.165, 1.54) is 31.2 Å². The zero-order valence-corrected chi connectivity index (χ0v) is 13.9. The first-order chi connectivity index (χ1) is 9.70. The molecule has 2 nitrogen and oxygen atoms in total. The van der Waals surface area contributed by atoms with Crippen LogP contribution in [0.25, 0.3) is 0 Å². The lowest BCUT2D eigenvalue weighted by Gasteiger charge is -2.22. The van der Waals surface area contributed by atoms with Gasteiger partial charge in [0.2, 0.25) is 5.91 Å². The van der Waals surface area contributed by atoms with Crippen LogP contribution in [0.3, 0.4) is 0 Å². The van der Waals surface area contributed by atoms with Crippen molar-refractivity contribution in [2.24, 2.45) is 11.8 Å². The van der Waals surface area contributed by atoms with Gasteiger partial charge in [0, 0.05) is 16.3 Å². The topological polar surface area (TPSA) is 29.1 Å². The van der Waals surface area contributed by atoms with Gasteiger partial charge >= 0.3 is 0 Å². The highest BCUT2D eigenvalue weighted by atomic mass is 79.9. The molecule has 0 aliphatic heterocycles. The fourth-order valence-corrected chi connectivity index (χ4v) is 4.79. The Morgan fingerprint density at radius 1 is 1.35 bits per heavy atom. The van der Waals surface area contributed by atoms with E-state index >= 15 is 0 Å². The maximum absolute atomic E-state index is 12.0. The van der Waals surface area contributed by atoms with Crippen molar-refractivity contribution in [3.05, 3.63) is 34.3 Å². The first-order valence-electron chi connectivity index (χ1n) is 7.32. The molecule has 0 aromatic heterocycles. The van der Waals surface area contributed by atoms with Crippen LogP contribution in [-0.2, 0) is 10.5 Å². The number of halogens is 1. The predicted octanol–water partition coefficient (Wildman–Crippen LogP) is 3.99. The molecule has 1 aromatic rings. The van der Waals surface area contributed by atoms with E-state index < -0.39 is 0 Å².